The molecule has 0 atom stereocenters. The lowest BCUT2D eigenvalue weighted by atomic mass is 10.3. The predicted octanol–water partition coefficient (Wildman–Crippen LogP) is 2.89. The molecule has 0 aromatic heterocycles. The third-order valence-corrected chi connectivity index (χ3v) is 0.995. The van der Waals surface area contributed by atoms with Crippen LogP contribution in [-0.4, -0.2) is 6.18 Å². The maximum Gasteiger partial charge on any atom is 0.389 e. The average molecular weight is 190 g/mol. The molecule has 49 valence electrons. The molecule has 0 aromatic carbocycles. The molecule has 0 spiro atoms. The Morgan fingerprint density at radius 3 is 2.00 bits per heavy atom. The molecule has 0 fully saturated rings. The van der Waals surface area contributed by atoms with Crippen LogP contribution in [0, 0.1) is 5.33 Å². The highest BCUT2D eigenvalue weighted by molar-refractivity contribution is 9.10. The van der Waals surface area contributed by atoms with E-state index in [9.17, 15) is 13.2 Å². The fraction of sp³-hybridized carbons (Fsp3) is 0.750. The lowest BCUT2D eigenvalue weighted by Gasteiger charge is -2.01. The molecule has 0 saturated carbocycles. The SMILES string of the molecule is FC(F)(F)CC[CH]Br. The minimum Gasteiger partial charge on any atom is -0.171 e. The summed E-state index contributed by atoms with van der Waals surface area (Å²) in [7, 11) is 0. The predicted molar refractivity (Wildman–Crippen MR) is 28.5 cm³/mol. The molecule has 0 nitrogen and oxygen atoms in total. The largest absolute Gasteiger partial charge is 0.389 e. The van der Waals surface area contributed by atoms with Crippen molar-refractivity contribution in [3.05, 3.63) is 5.33 Å². The number of alkyl halides is 3. The van der Waals surface area contributed by atoms with Crippen molar-refractivity contribution in [2.45, 2.75) is 19.0 Å². The topological polar surface area (TPSA) is 0 Å². The zero-order chi connectivity index (χ0) is 6.62. The summed E-state index contributed by atoms with van der Waals surface area (Å²) in [6.45, 7) is 0. The van der Waals surface area contributed by atoms with Gasteiger partial charge in [-0.2, -0.15) is 13.2 Å². The monoisotopic (exact) mass is 189 g/mol. The molecule has 0 unspecified atom stereocenters. The van der Waals surface area contributed by atoms with Gasteiger partial charge >= 0.3 is 6.18 Å². The van der Waals surface area contributed by atoms with Crippen LogP contribution in [0.2, 0.25) is 0 Å². The van der Waals surface area contributed by atoms with E-state index >= 15 is 0 Å². The standard InChI is InChI=1S/C4H5BrF3/c5-3-1-2-4(6,7)8/h3H,1-2H2. The molecular weight excluding hydrogens is 185 g/mol. The van der Waals surface area contributed by atoms with Gasteiger partial charge < -0.3 is 0 Å². The van der Waals surface area contributed by atoms with E-state index < -0.39 is 12.6 Å². The van der Waals surface area contributed by atoms with Crippen LogP contribution < -0.4 is 0 Å². The van der Waals surface area contributed by atoms with Crippen molar-refractivity contribution in [1.29, 1.82) is 0 Å². The molecule has 0 aliphatic rings. The van der Waals surface area contributed by atoms with Gasteiger partial charge in [-0.1, -0.05) is 15.9 Å². The van der Waals surface area contributed by atoms with Crippen LogP contribution >= 0.6 is 15.9 Å². The average Bonchev–Trinajstić information content (AvgIpc) is 1.59. The van der Waals surface area contributed by atoms with Crippen molar-refractivity contribution in [1.82, 2.24) is 0 Å². The minimum atomic E-state index is -4.01. The number of rotatable bonds is 2. The molecule has 4 heteroatoms. The van der Waals surface area contributed by atoms with Crippen LogP contribution in [0.25, 0.3) is 0 Å². The van der Waals surface area contributed by atoms with Crippen LogP contribution in [0.1, 0.15) is 12.8 Å². The van der Waals surface area contributed by atoms with Gasteiger partial charge in [-0.25, -0.2) is 0 Å². The second kappa shape index (κ2) is 3.33. The van der Waals surface area contributed by atoms with E-state index in [0.717, 1.165) is 0 Å². The normalized spacial score (nSPS) is 12.0. The van der Waals surface area contributed by atoms with Gasteiger partial charge in [0, 0.05) is 11.8 Å². The maximum absolute atomic E-state index is 11.2. The summed E-state index contributed by atoms with van der Waals surface area (Å²) in [5, 5.41) is 1.32. The van der Waals surface area contributed by atoms with E-state index in [1.807, 2.05) is 0 Å². The molecule has 8 heavy (non-hydrogen) atoms. The number of hydrogen-bond acceptors (Lipinski definition) is 0. The van der Waals surface area contributed by atoms with Gasteiger partial charge in [0.05, 0.1) is 0 Å². The van der Waals surface area contributed by atoms with E-state index in [1.54, 1.807) is 0 Å². The Balaban J connectivity index is 3.11. The zero-order valence-electron chi connectivity index (χ0n) is 4.00. The molecule has 0 bridgehead atoms. The molecular formula is C4H5BrF3. The summed E-state index contributed by atoms with van der Waals surface area (Å²) in [5.74, 6) is 0. The van der Waals surface area contributed by atoms with Crippen molar-refractivity contribution in [3.8, 4) is 0 Å². The highest BCUT2D eigenvalue weighted by atomic mass is 79.9. The molecule has 1 radical (unpaired) electrons. The molecule has 0 heterocycles. The van der Waals surface area contributed by atoms with Gasteiger partial charge in [0.25, 0.3) is 0 Å². The van der Waals surface area contributed by atoms with Crippen molar-refractivity contribution in [2.75, 3.05) is 0 Å². The van der Waals surface area contributed by atoms with Crippen LogP contribution in [0.5, 0.6) is 0 Å². The second-order valence-electron chi connectivity index (χ2n) is 1.31. The highest BCUT2D eigenvalue weighted by Crippen LogP contribution is 2.22. The summed E-state index contributed by atoms with van der Waals surface area (Å²) in [4.78, 5) is 0. The molecule has 0 aliphatic carbocycles. The molecule has 0 aromatic rings. The molecule has 0 saturated heterocycles. The van der Waals surface area contributed by atoms with Crippen LogP contribution in [0.4, 0.5) is 13.2 Å². The third kappa shape index (κ3) is 6.27. The third-order valence-electron chi connectivity index (χ3n) is 0.537. The van der Waals surface area contributed by atoms with Gasteiger partial charge in [0.15, 0.2) is 0 Å². The Labute approximate surface area is 54.2 Å². The number of halogens is 4. The van der Waals surface area contributed by atoms with Crippen molar-refractivity contribution in [3.63, 3.8) is 0 Å². The lowest BCUT2D eigenvalue weighted by molar-refractivity contribution is -0.133. The van der Waals surface area contributed by atoms with Crippen molar-refractivity contribution >= 4 is 15.9 Å². The van der Waals surface area contributed by atoms with Gasteiger partial charge in [-0.15, -0.1) is 0 Å². The smallest absolute Gasteiger partial charge is 0.171 e. The van der Waals surface area contributed by atoms with E-state index in [2.05, 4.69) is 15.9 Å². The first-order valence-corrected chi connectivity index (χ1v) is 2.96. The Morgan fingerprint density at radius 2 is 1.88 bits per heavy atom. The van der Waals surface area contributed by atoms with E-state index in [-0.39, 0.29) is 6.42 Å². The number of hydrogen-bond donors (Lipinski definition) is 0. The van der Waals surface area contributed by atoms with Gasteiger partial charge in [-0.05, 0) is 6.42 Å². The molecule has 0 rings (SSSR count). The molecule has 0 aliphatic heterocycles. The first-order valence-electron chi connectivity index (χ1n) is 2.05. The van der Waals surface area contributed by atoms with Crippen LogP contribution in [-0.2, 0) is 0 Å². The first-order chi connectivity index (χ1) is 3.56. The minimum absolute atomic E-state index is 0.0451. The quantitative estimate of drug-likeness (QED) is 0.627. The summed E-state index contributed by atoms with van der Waals surface area (Å²) in [6, 6.07) is 0. The Bertz CT molecular complexity index is 58.8. The Morgan fingerprint density at radius 1 is 1.38 bits per heavy atom. The maximum atomic E-state index is 11.2. The lowest BCUT2D eigenvalue weighted by Crippen LogP contribution is -2.05. The summed E-state index contributed by atoms with van der Waals surface area (Å²) < 4.78 is 33.6. The van der Waals surface area contributed by atoms with Crippen molar-refractivity contribution in [2.24, 2.45) is 0 Å². The van der Waals surface area contributed by atoms with E-state index in [4.69, 9.17) is 0 Å². The summed E-state index contributed by atoms with van der Waals surface area (Å²) in [5.41, 5.74) is 0. The Kier molecular flexibility index (Phi) is 3.44. The Hall–Kier alpha value is 0.270. The summed E-state index contributed by atoms with van der Waals surface area (Å²) in [6.07, 6.45) is -4.70. The molecule has 0 amide bonds. The highest BCUT2D eigenvalue weighted by Gasteiger charge is 2.25. The molecule has 0 N–H and O–H groups in total. The van der Waals surface area contributed by atoms with Crippen LogP contribution in [0.3, 0.4) is 0 Å². The zero-order valence-corrected chi connectivity index (χ0v) is 5.59. The van der Waals surface area contributed by atoms with Crippen LogP contribution in [0.15, 0.2) is 0 Å². The summed E-state index contributed by atoms with van der Waals surface area (Å²) >= 11 is 2.78. The fourth-order valence-corrected chi connectivity index (χ4v) is 0.447. The van der Waals surface area contributed by atoms with Gasteiger partial charge in [0.2, 0.25) is 0 Å². The second-order valence-corrected chi connectivity index (χ2v) is 1.96. The van der Waals surface area contributed by atoms with Crippen molar-refractivity contribution < 1.29 is 13.2 Å². The first kappa shape index (κ1) is 8.27. The van der Waals surface area contributed by atoms with Gasteiger partial charge in [0.1, 0.15) is 0 Å². The van der Waals surface area contributed by atoms with Gasteiger partial charge in [-0.3, -0.25) is 0 Å². The van der Waals surface area contributed by atoms with E-state index in [0.29, 0.717) is 0 Å². The fourth-order valence-electron chi connectivity index (χ4n) is 0.218. The van der Waals surface area contributed by atoms with E-state index in [1.165, 1.54) is 5.33 Å².